The number of hydrogen-bond donors (Lipinski definition) is 0. The molecule has 0 atom stereocenters. The molecule has 170 valence electrons. The maximum Gasteiger partial charge on any atom is 0.282 e. The Bertz CT molecular complexity index is 1570. The Labute approximate surface area is 194 Å². The van der Waals surface area contributed by atoms with Gasteiger partial charge in [0.1, 0.15) is 11.3 Å². The number of para-hydroxylation sites is 2. The van der Waals surface area contributed by atoms with Crippen molar-refractivity contribution in [2.75, 3.05) is 21.3 Å². The lowest BCUT2D eigenvalue weighted by atomic mass is 10.2. The summed E-state index contributed by atoms with van der Waals surface area (Å²) in [5.74, 6) is 2.25. The number of methoxy groups -OCH3 is 3. The third-order valence-corrected chi connectivity index (χ3v) is 5.45. The van der Waals surface area contributed by atoms with E-state index in [2.05, 4.69) is 5.10 Å². The molecule has 3 aromatic carbocycles. The molecule has 8 nitrogen and oxygen atoms in total. The molecule has 2 heterocycles. The van der Waals surface area contributed by atoms with Gasteiger partial charge in [-0.1, -0.05) is 30.3 Å². The Hall–Kier alpha value is -4.59. The molecule has 0 N–H and O–H groups in total. The van der Waals surface area contributed by atoms with Crippen molar-refractivity contribution in [3.63, 3.8) is 0 Å². The highest BCUT2D eigenvalue weighted by molar-refractivity contribution is 5.86. The van der Waals surface area contributed by atoms with Crippen molar-refractivity contribution < 1.29 is 18.6 Å². The van der Waals surface area contributed by atoms with Crippen LogP contribution in [0.2, 0.25) is 0 Å². The van der Waals surface area contributed by atoms with E-state index in [1.807, 2.05) is 36.4 Å². The van der Waals surface area contributed by atoms with Gasteiger partial charge in [0, 0.05) is 17.0 Å². The predicted molar refractivity (Wildman–Crippen MR) is 130 cm³/mol. The molecule has 0 saturated carbocycles. The van der Waals surface area contributed by atoms with Crippen molar-refractivity contribution in [2.24, 2.45) is 5.10 Å². The van der Waals surface area contributed by atoms with Crippen LogP contribution in [0.3, 0.4) is 0 Å². The van der Waals surface area contributed by atoms with Crippen LogP contribution in [0.25, 0.3) is 33.5 Å². The summed E-state index contributed by atoms with van der Waals surface area (Å²) in [4.78, 5) is 18.1. The van der Waals surface area contributed by atoms with Crippen LogP contribution in [-0.4, -0.2) is 37.2 Å². The highest BCUT2D eigenvalue weighted by atomic mass is 16.5. The maximum absolute atomic E-state index is 13.4. The van der Waals surface area contributed by atoms with Crippen LogP contribution in [0.5, 0.6) is 17.2 Å². The van der Waals surface area contributed by atoms with Gasteiger partial charge in [0.2, 0.25) is 5.82 Å². The first-order valence-corrected chi connectivity index (χ1v) is 10.5. The number of rotatable bonds is 6. The van der Waals surface area contributed by atoms with E-state index in [9.17, 15) is 4.79 Å². The largest absolute Gasteiger partial charge is 0.496 e. The molecule has 2 aromatic heterocycles. The quantitative estimate of drug-likeness (QED) is 0.344. The summed E-state index contributed by atoms with van der Waals surface area (Å²) in [6.07, 6.45) is 1.52. The molecule has 0 fully saturated rings. The summed E-state index contributed by atoms with van der Waals surface area (Å²) in [6.45, 7) is 0. The van der Waals surface area contributed by atoms with Crippen molar-refractivity contribution >= 4 is 28.1 Å². The van der Waals surface area contributed by atoms with E-state index in [-0.39, 0.29) is 11.4 Å². The molecule has 0 spiro atoms. The van der Waals surface area contributed by atoms with Crippen LogP contribution >= 0.6 is 0 Å². The zero-order valence-corrected chi connectivity index (χ0v) is 18.8. The summed E-state index contributed by atoms with van der Waals surface area (Å²) in [5.41, 5.74) is 1.52. The summed E-state index contributed by atoms with van der Waals surface area (Å²) in [6, 6.07) is 20.0. The number of hydrogen-bond acceptors (Lipinski definition) is 7. The summed E-state index contributed by atoms with van der Waals surface area (Å²) in [5, 5.41) is 5.84. The van der Waals surface area contributed by atoms with Gasteiger partial charge in [-0.15, -0.1) is 0 Å². The normalized spacial score (nSPS) is 11.4. The van der Waals surface area contributed by atoms with Crippen LogP contribution in [-0.2, 0) is 0 Å². The Balaban J connectivity index is 1.72. The predicted octanol–water partition coefficient (Wildman–Crippen LogP) is 4.72. The number of benzene rings is 3. The lowest BCUT2D eigenvalue weighted by molar-refractivity contribution is 0.349. The summed E-state index contributed by atoms with van der Waals surface area (Å²) in [7, 11) is 4.63. The topological polar surface area (TPSA) is 88.1 Å². The highest BCUT2D eigenvalue weighted by Crippen LogP contribution is 2.34. The van der Waals surface area contributed by atoms with Crippen LogP contribution in [0.15, 0.2) is 81.0 Å². The Morgan fingerprint density at radius 2 is 1.59 bits per heavy atom. The van der Waals surface area contributed by atoms with E-state index >= 15 is 0 Å². The second-order valence-electron chi connectivity index (χ2n) is 7.41. The first-order chi connectivity index (χ1) is 16.6. The molecule has 0 saturated heterocycles. The van der Waals surface area contributed by atoms with Crippen molar-refractivity contribution in [1.29, 1.82) is 0 Å². The Morgan fingerprint density at radius 1 is 0.882 bits per heavy atom. The molecular formula is C26H21N3O5. The Kier molecular flexibility index (Phi) is 5.47. The van der Waals surface area contributed by atoms with Gasteiger partial charge >= 0.3 is 0 Å². The van der Waals surface area contributed by atoms with E-state index in [0.29, 0.717) is 45.1 Å². The Morgan fingerprint density at radius 3 is 2.35 bits per heavy atom. The van der Waals surface area contributed by atoms with E-state index in [1.54, 1.807) is 51.7 Å². The van der Waals surface area contributed by atoms with Gasteiger partial charge in [0.05, 0.1) is 38.4 Å². The smallest absolute Gasteiger partial charge is 0.282 e. The fraction of sp³-hybridized carbons (Fsp3) is 0.115. The monoisotopic (exact) mass is 455 g/mol. The van der Waals surface area contributed by atoms with Gasteiger partial charge < -0.3 is 18.6 Å². The molecule has 8 heteroatoms. The van der Waals surface area contributed by atoms with E-state index in [4.69, 9.17) is 23.6 Å². The lowest BCUT2D eigenvalue weighted by Crippen LogP contribution is -2.20. The van der Waals surface area contributed by atoms with Crippen LogP contribution in [0.1, 0.15) is 5.56 Å². The van der Waals surface area contributed by atoms with Gasteiger partial charge in [0.25, 0.3) is 5.56 Å². The van der Waals surface area contributed by atoms with Crippen LogP contribution in [0, 0.1) is 0 Å². The maximum atomic E-state index is 13.4. The fourth-order valence-corrected chi connectivity index (χ4v) is 3.76. The lowest BCUT2D eigenvalue weighted by Gasteiger charge is -2.12. The zero-order valence-electron chi connectivity index (χ0n) is 18.8. The minimum Gasteiger partial charge on any atom is -0.496 e. The van der Waals surface area contributed by atoms with E-state index < -0.39 is 0 Å². The number of nitrogens with zero attached hydrogens (tertiary/aromatic N) is 3. The second-order valence-corrected chi connectivity index (χ2v) is 7.41. The SMILES string of the molecule is COc1cc(OC)c(OC)cc1C=Nn1c(-c2cc3ccccc3o2)nc2ccccc2c1=O. The fourth-order valence-electron chi connectivity index (χ4n) is 3.76. The molecule has 5 rings (SSSR count). The average molecular weight is 455 g/mol. The summed E-state index contributed by atoms with van der Waals surface area (Å²) >= 11 is 0. The van der Waals surface area contributed by atoms with E-state index in [1.165, 1.54) is 10.9 Å². The van der Waals surface area contributed by atoms with Crippen molar-refractivity contribution in [2.45, 2.75) is 0 Å². The second kappa shape index (κ2) is 8.74. The third kappa shape index (κ3) is 3.65. The van der Waals surface area contributed by atoms with E-state index in [0.717, 1.165) is 5.39 Å². The standard InChI is InChI=1S/C26H21N3O5/c1-31-21-14-23(33-3)22(32-2)13-17(21)15-27-29-25(24-12-16-8-4-7-11-20(16)34-24)28-19-10-6-5-9-18(19)26(29)30/h4-15H,1-3H3. The number of ether oxygens (including phenoxy) is 3. The van der Waals surface area contributed by atoms with Crippen LogP contribution < -0.4 is 19.8 Å². The molecule has 0 radical (unpaired) electrons. The van der Waals surface area contributed by atoms with Gasteiger partial charge in [-0.25, -0.2) is 4.98 Å². The molecule has 0 aliphatic carbocycles. The first-order valence-electron chi connectivity index (χ1n) is 10.5. The molecular weight excluding hydrogens is 434 g/mol. The van der Waals surface area contributed by atoms with Gasteiger partial charge in [-0.05, 0) is 30.3 Å². The highest BCUT2D eigenvalue weighted by Gasteiger charge is 2.17. The number of furan rings is 1. The molecule has 0 bridgehead atoms. The molecule has 0 unspecified atom stereocenters. The average Bonchev–Trinajstić information content (AvgIpc) is 3.31. The van der Waals surface area contributed by atoms with Crippen molar-refractivity contribution in [1.82, 2.24) is 9.66 Å². The molecule has 0 aliphatic rings. The van der Waals surface area contributed by atoms with Gasteiger partial charge in [-0.3, -0.25) is 4.79 Å². The minimum absolute atomic E-state index is 0.288. The molecule has 5 aromatic rings. The number of fused-ring (bicyclic) bond motifs is 2. The van der Waals surface area contributed by atoms with Gasteiger partial charge in [-0.2, -0.15) is 9.78 Å². The zero-order chi connectivity index (χ0) is 23.7. The first kappa shape index (κ1) is 21.3. The molecule has 34 heavy (non-hydrogen) atoms. The minimum atomic E-state index is -0.322. The van der Waals surface area contributed by atoms with Crippen molar-refractivity contribution in [3.8, 4) is 28.8 Å². The number of aromatic nitrogens is 2. The molecule has 0 aliphatic heterocycles. The third-order valence-electron chi connectivity index (χ3n) is 5.45. The van der Waals surface area contributed by atoms with Gasteiger partial charge in [0.15, 0.2) is 17.3 Å². The molecule has 0 amide bonds. The van der Waals surface area contributed by atoms with Crippen LogP contribution in [0.4, 0.5) is 0 Å². The van der Waals surface area contributed by atoms with Crippen molar-refractivity contribution in [3.05, 3.63) is 82.6 Å². The summed E-state index contributed by atoms with van der Waals surface area (Å²) < 4.78 is 23.5.